The van der Waals surface area contributed by atoms with E-state index in [4.69, 9.17) is 4.74 Å². The molecule has 2 aliphatic heterocycles. The third kappa shape index (κ3) is 2.18. The number of ether oxygens (including phenoxy) is 1. The van der Waals surface area contributed by atoms with E-state index < -0.39 is 0 Å². The molecule has 1 saturated heterocycles. The Morgan fingerprint density at radius 1 is 1.39 bits per heavy atom. The number of likely N-dealkylation sites (tertiary alicyclic amines) is 1. The minimum Gasteiger partial charge on any atom is -0.375 e. The number of benzene rings is 1. The summed E-state index contributed by atoms with van der Waals surface area (Å²) in [5, 5.41) is 3.32. The highest BCUT2D eigenvalue weighted by Crippen LogP contribution is 2.34. The van der Waals surface area contributed by atoms with Gasteiger partial charge in [-0.25, -0.2) is 0 Å². The monoisotopic (exact) mass is 246 g/mol. The molecule has 2 atom stereocenters. The zero-order valence-corrected chi connectivity index (χ0v) is 11.1. The topological polar surface area (TPSA) is 24.5 Å². The van der Waals surface area contributed by atoms with Crippen LogP contribution >= 0.6 is 0 Å². The second-order valence-electron chi connectivity index (χ2n) is 5.32. The van der Waals surface area contributed by atoms with E-state index in [1.807, 2.05) is 7.05 Å². The summed E-state index contributed by atoms with van der Waals surface area (Å²) in [7, 11) is 2.04. The third-order valence-corrected chi connectivity index (χ3v) is 4.21. The number of hydrogen-bond donors (Lipinski definition) is 1. The molecule has 18 heavy (non-hydrogen) atoms. The number of likely N-dealkylation sites (N-methyl/N-ethyl adjacent to an activating group) is 1. The molecule has 1 fully saturated rings. The second kappa shape index (κ2) is 5.39. The lowest BCUT2D eigenvalue weighted by Crippen LogP contribution is -2.42. The average Bonchev–Trinajstić information content (AvgIpc) is 2.87. The van der Waals surface area contributed by atoms with Crippen molar-refractivity contribution in [3.8, 4) is 0 Å². The van der Waals surface area contributed by atoms with Crippen LogP contribution in [0.1, 0.15) is 30.0 Å². The molecule has 0 radical (unpaired) electrons. The van der Waals surface area contributed by atoms with Gasteiger partial charge in [-0.1, -0.05) is 24.3 Å². The maximum absolute atomic E-state index is 5.79. The van der Waals surface area contributed by atoms with Gasteiger partial charge in [0.25, 0.3) is 0 Å². The van der Waals surface area contributed by atoms with Crippen LogP contribution in [0.25, 0.3) is 0 Å². The van der Waals surface area contributed by atoms with Crippen LogP contribution in [0.5, 0.6) is 0 Å². The van der Waals surface area contributed by atoms with Crippen molar-refractivity contribution in [2.75, 3.05) is 26.7 Å². The Morgan fingerprint density at radius 3 is 3.17 bits per heavy atom. The maximum Gasteiger partial charge on any atom is 0.0721 e. The standard InChI is InChI=1S/C15H22N2O/c1-16-9-13-6-4-8-17(13)15-11-18-10-12-5-2-3-7-14(12)15/h2-3,5,7,13,15-16H,4,6,8-11H2,1H3. The first-order chi connectivity index (χ1) is 8.90. The van der Waals surface area contributed by atoms with Gasteiger partial charge in [0.1, 0.15) is 0 Å². The highest BCUT2D eigenvalue weighted by atomic mass is 16.5. The summed E-state index contributed by atoms with van der Waals surface area (Å²) in [4.78, 5) is 2.63. The van der Waals surface area contributed by atoms with Gasteiger partial charge >= 0.3 is 0 Å². The van der Waals surface area contributed by atoms with Crippen LogP contribution < -0.4 is 5.32 Å². The molecule has 3 rings (SSSR count). The summed E-state index contributed by atoms with van der Waals surface area (Å²) in [6.07, 6.45) is 2.62. The van der Waals surface area contributed by atoms with Crippen LogP contribution in [0, 0.1) is 0 Å². The van der Waals surface area contributed by atoms with Gasteiger partial charge in [0.05, 0.1) is 19.3 Å². The summed E-state index contributed by atoms with van der Waals surface area (Å²) in [5.41, 5.74) is 2.84. The highest BCUT2D eigenvalue weighted by Gasteiger charge is 2.33. The number of nitrogens with one attached hydrogen (secondary N) is 1. The molecule has 1 N–H and O–H groups in total. The van der Waals surface area contributed by atoms with E-state index in [9.17, 15) is 0 Å². The molecule has 0 aromatic heterocycles. The molecule has 0 bridgehead atoms. The summed E-state index contributed by atoms with van der Waals surface area (Å²) in [6.45, 7) is 3.90. The smallest absolute Gasteiger partial charge is 0.0721 e. The molecule has 0 aliphatic carbocycles. The lowest BCUT2D eigenvalue weighted by atomic mass is 9.97. The number of fused-ring (bicyclic) bond motifs is 1. The Kier molecular flexibility index (Phi) is 3.64. The van der Waals surface area contributed by atoms with Gasteiger partial charge in [0.2, 0.25) is 0 Å². The van der Waals surface area contributed by atoms with Crippen molar-refractivity contribution in [3.05, 3.63) is 35.4 Å². The summed E-state index contributed by atoms with van der Waals surface area (Å²) in [6, 6.07) is 9.85. The van der Waals surface area contributed by atoms with Gasteiger partial charge in [0.15, 0.2) is 0 Å². The van der Waals surface area contributed by atoms with Crippen LogP contribution in [0.2, 0.25) is 0 Å². The van der Waals surface area contributed by atoms with Gasteiger partial charge in [-0.2, -0.15) is 0 Å². The van der Waals surface area contributed by atoms with Crippen LogP contribution in [0.4, 0.5) is 0 Å². The second-order valence-corrected chi connectivity index (χ2v) is 5.32. The fraction of sp³-hybridized carbons (Fsp3) is 0.600. The molecular weight excluding hydrogens is 224 g/mol. The van der Waals surface area contributed by atoms with Crippen molar-refractivity contribution in [3.63, 3.8) is 0 Å². The molecule has 3 heteroatoms. The number of nitrogens with zero attached hydrogens (tertiary/aromatic N) is 1. The van der Waals surface area contributed by atoms with E-state index >= 15 is 0 Å². The van der Waals surface area contributed by atoms with E-state index in [2.05, 4.69) is 34.5 Å². The molecule has 0 saturated carbocycles. The zero-order chi connectivity index (χ0) is 12.4. The lowest BCUT2D eigenvalue weighted by Gasteiger charge is -2.36. The van der Waals surface area contributed by atoms with Crippen molar-refractivity contribution in [1.82, 2.24) is 10.2 Å². The number of hydrogen-bond acceptors (Lipinski definition) is 3. The summed E-state index contributed by atoms with van der Waals surface area (Å²) >= 11 is 0. The largest absolute Gasteiger partial charge is 0.375 e. The Labute approximate surface area is 109 Å². The van der Waals surface area contributed by atoms with Gasteiger partial charge in [-0.15, -0.1) is 0 Å². The molecule has 0 spiro atoms. The molecule has 0 amide bonds. The Hall–Kier alpha value is -0.900. The van der Waals surface area contributed by atoms with E-state index in [0.717, 1.165) is 19.8 Å². The van der Waals surface area contributed by atoms with E-state index in [-0.39, 0.29) is 0 Å². The van der Waals surface area contributed by atoms with Crippen molar-refractivity contribution in [1.29, 1.82) is 0 Å². The minimum absolute atomic E-state index is 0.454. The molecule has 1 aromatic rings. The van der Waals surface area contributed by atoms with Gasteiger partial charge < -0.3 is 10.1 Å². The predicted octanol–water partition coefficient (Wildman–Crippen LogP) is 1.94. The van der Waals surface area contributed by atoms with Crippen molar-refractivity contribution in [2.24, 2.45) is 0 Å². The van der Waals surface area contributed by atoms with E-state index in [0.29, 0.717) is 12.1 Å². The summed E-state index contributed by atoms with van der Waals surface area (Å²) < 4.78 is 5.79. The van der Waals surface area contributed by atoms with Crippen LogP contribution in [0.15, 0.2) is 24.3 Å². The molecule has 2 unspecified atom stereocenters. The van der Waals surface area contributed by atoms with Crippen LogP contribution in [0.3, 0.4) is 0 Å². The zero-order valence-electron chi connectivity index (χ0n) is 11.1. The SMILES string of the molecule is CNCC1CCCN1C1COCc2ccccc21. The normalized spacial score (nSPS) is 28.3. The predicted molar refractivity (Wildman–Crippen MR) is 72.5 cm³/mol. The van der Waals surface area contributed by atoms with E-state index in [1.54, 1.807) is 0 Å². The Bertz CT molecular complexity index is 407. The summed E-state index contributed by atoms with van der Waals surface area (Å²) in [5.74, 6) is 0. The molecule has 2 aliphatic rings. The average molecular weight is 246 g/mol. The van der Waals surface area contributed by atoms with Crippen molar-refractivity contribution in [2.45, 2.75) is 31.5 Å². The Morgan fingerprint density at radius 2 is 2.28 bits per heavy atom. The molecular formula is C15H22N2O. The fourth-order valence-electron chi connectivity index (χ4n) is 3.36. The molecule has 98 valence electrons. The quantitative estimate of drug-likeness (QED) is 0.882. The maximum atomic E-state index is 5.79. The molecule has 2 heterocycles. The first kappa shape index (κ1) is 12.2. The third-order valence-electron chi connectivity index (χ3n) is 4.21. The minimum atomic E-state index is 0.454. The first-order valence-electron chi connectivity index (χ1n) is 6.96. The van der Waals surface area contributed by atoms with Crippen molar-refractivity contribution >= 4 is 0 Å². The Balaban J connectivity index is 1.84. The van der Waals surface area contributed by atoms with Crippen LogP contribution in [-0.4, -0.2) is 37.7 Å². The van der Waals surface area contributed by atoms with E-state index in [1.165, 1.54) is 30.5 Å². The highest BCUT2D eigenvalue weighted by molar-refractivity contribution is 5.31. The van der Waals surface area contributed by atoms with Gasteiger partial charge in [-0.05, 0) is 37.6 Å². The van der Waals surface area contributed by atoms with Crippen LogP contribution in [-0.2, 0) is 11.3 Å². The number of rotatable bonds is 3. The molecule has 3 nitrogen and oxygen atoms in total. The fourth-order valence-corrected chi connectivity index (χ4v) is 3.36. The lowest BCUT2D eigenvalue weighted by molar-refractivity contribution is 0.0273. The molecule has 1 aromatic carbocycles. The van der Waals surface area contributed by atoms with Gasteiger partial charge in [-0.3, -0.25) is 4.90 Å². The first-order valence-corrected chi connectivity index (χ1v) is 6.96. The van der Waals surface area contributed by atoms with Gasteiger partial charge in [0, 0.05) is 12.6 Å². The van der Waals surface area contributed by atoms with Crippen molar-refractivity contribution < 1.29 is 4.74 Å².